The van der Waals surface area contributed by atoms with E-state index in [1.54, 1.807) is 17.7 Å². The first-order chi connectivity index (χ1) is 10.2. The van der Waals surface area contributed by atoms with Crippen molar-refractivity contribution in [2.45, 2.75) is 26.2 Å². The van der Waals surface area contributed by atoms with E-state index in [4.69, 9.17) is 4.74 Å². The Morgan fingerprint density at radius 2 is 2.38 bits per heavy atom. The van der Waals surface area contributed by atoms with Crippen molar-refractivity contribution in [2.75, 3.05) is 25.1 Å². The molecule has 0 bridgehead atoms. The highest BCUT2D eigenvalue weighted by atomic mass is 32.1. The Balaban J connectivity index is 1.92. The molecule has 1 atom stereocenters. The topological polar surface area (TPSA) is 55.3 Å². The van der Waals surface area contributed by atoms with E-state index >= 15 is 0 Å². The summed E-state index contributed by atoms with van der Waals surface area (Å²) >= 11 is 1.72. The highest BCUT2D eigenvalue weighted by Crippen LogP contribution is 2.32. The number of hydrogen-bond acceptors (Lipinski definition) is 6. The minimum Gasteiger partial charge on any atom is -0.469 e. The second kappa shape index (κ2) is 5.97. The Morgan fingerprint density at radius 1 is 1.52 bits per heavy atom. The quantitative estimate of drug-likeness (QED) is 0.816. The minimum atomic E-state index is -0.121. The number of methoxy groups -OCH3 is 1. The molecule has 0 N–H and O–H groups in total. The van der Waals surface area contributed by atoms with Gasteiger partial charge in [0.15, 0.2) is 0 Å². The maximum absolute atomic E-state index is 11.8. The molecule has 0 amide bonds. The number of thiophene rings is 1. The molecular formula is C15H19N3O2S. The monoisotopic (exact) mass is 305 g/mol. The van der Waals surface area contributed by atoms with Gasteiger partial charge >= 0.3 is 5.97 Å². The summed E-state index contributed by atoms with van der Waals surface area (Å²) in [6.45, 7) is 3.75. The van der Waals surface area contributed by atoms with Crippen LogP contribution in [-0.4, -0.2) is 36.1 Å². The van der Waals surface area contributed by atoms with Crippen molar-refractivity contribution >= 4 is 33.3 Å². The van der Waals surface area contributed by atoms with E-state index in [-0.39, 0.29) is 11.9 Å². The molecule has 1 aliphatic rings. The fourth-order valence-corrected chi connectivity index (χ4v) is 3.78. The highest BCUT2D eigenvalue weighted by molar-refractivity contribution is 7.18. The molecule has 1 unspecified atom stereocenters. The maximum atomic E-state index is 11.8. The zero-order valence-corrected chi connectivity index (χ0v) is 13.2. The van der Waals surface area contributed by atoms with Crippen LogP contribution in [0.25, 0.3) is 10.2 Å². The SMILES string of the molecule is CCc1cc2c(N3CCCC(C(=O)OC)C3)ncnc2s1. The van der Waals surface area contributed by atoms with Gasteiger partial charge in [-0.15, -0.1) is 11.3 Å². The number of esters is 1. The van der Waals surface area contributed by atoms with Crippen molar-refractivity contribution in [3.8, 4) is 0 Å². The number of hydrogen-bond donors (Lipinski definition) is 0. The van der Waals surface area contributed by atoms with E-state index in [0.717, 1.165) is 41.8 Å². The smallest absolute Gasteiger partial charge is 0.310 e. The minimum absolute atomic E-state index is 0.0574. The first kappa shape index (κ1) is 14.3. The van der Waals surface area contributed by atoms with Crippen LogP contribution in [0.2, 0.25) is 0 Å². The zero-order chi connectivity index (χ0) is 14.8. The van der Waals surface area contributed by atoms with Crippen LogP contribution in [0.4, 0.5) is 5.82 Å². The van der Waals surface area contributed by atoms with Crippen molar-refractivity contribution in [1.29, 1.82) is 0 Å². The lowest BCUT2D eigenvalue weighted by Gasteiger charge is -2.32. The van der Waals surface area contributed by atoms with E-state index < -0.39 is 0 Å². The van der Waals surface area contributed by atoms with E-state index in [2.05, 4.69) is 27.9 Å². The van der Waals surface area contributed by atoms with E-state index in [1.807, 2.05) is 0 Å². The van der Waals surface area contributed by atoms with Crippen LogP contribution in [0.15, 0.2) is 12.4 Å². The molecule has 1 fully saturated rings. The van der Waals surface area contributed by atoms with Gasteiger partial charge in [-0.05, 0) is 25.3 Å². The molecule has 0 aliphatic carbocycles. The zero-order valence-electron chi connectivity index (χ0n) is 12.3. The second-order valence-corrected chi connectivity index (χ2v) is 6.41. The van der Waals surface area contributed by atoms with Gasteiger partial charge in [0, 0.05) is 18.0 Å². The van der Waals surface area contributed by atoms with E-state index in [0.29, 0.717) is 6.54 Å². The van der Waals surface area contributed by atoms with Crippen molar-refractivity contribution in [1.82, 2.24) is 9.97 Å². The first-order valence-electron chi connectivity index (χ1n) is 7.29. The first-order valence-corrected chi connectivity index (χ1v) is 8.10. The van der Waals surface area contributed by atoms with Crippen LogP contribution < -0.4 is 4.90 Å². The fourth-order valence-electron chi connectivity index (χ4n) is 2.85. The molecule has 3 heterocycles. The molecule has 0 radical (unpaired) electrons. The summed E-state index contributed by atoms with van der Waals surface area (Å²) in [5.41, 5.74) is 0. The van der Waals surface area contributed by atoms with Crippen LogP contribution in [0.5, 0.6) is 0 Å². The van der Waals surface area contributed by atoms with Crippen LogP contribution in [0, 0.1) is 5.92 Å². The summed E-state index contributed by atoms with van der Waals surface area (Å²) in [6, 6.07) is 2.18. The Labute approximate surface area is 128 Å². The third-order valence-electron chi connectivity index (χ3n) is 3.96. The van der Waals surface area contributed by atoms with Crippen LogP contribution >= 0.6 is 11.3 Å². The van der Waals surface area contributed by atoms with Gasteiger partial charge in [0.25, 0.3) is 0 Å². The lowest BCUT2D eigenvalue weighted by Crippen LogP contribution is -2.39. The van der Waals surface area contributed by atoms with Crippen molar-refractivity contribution in [3.05, 3.63) is 17.3 Å². The van der Waals surface area contributed by atoms with Gasteiger partial charge in [-0.1, -0.05) is 6.92 Å². The number of aromatic nitrogens is 2. The summed E-state index contributed by atoms with van der Waals surface area (Å²) < 4.78 is 4.89. The molecule has 0 aromatic carbocycles. The third kappa shape index (κ3) is 2.72. The number of anilines is 1. The number of fused-ring (bicyclic) bond motifs is 1. The molecule has 1 aliphatic heterocycles. The molecule has 2 aromatic heterocycles. The van der Waals surface area contributed by atoms with Gasteiger partial charge in [0.05, 0.1) is 18.4 Å². The average Bonchev–Trinajstić information content (AvgIpc) is 2.97. The molecule has 5 nitrogen and oxygen atoms in total. The summed E-state index contributed by atoms with van der Waals surface area (Å²) in [6.07, 6.45) is 4.50. The van der Waals surface area contributed by atoms with Crippen LogP contribution in [-0.2, 0) is 16.0 Å². The molecule has 21 heavy (non-hydrogen) atoms. The molecule has 6 heteroatoms. The number of carbonyl (C=O) groups excluding carboxylic acids is 1. The molecule has 3 rings (SSSR count). The maximum Gasteiger partial charge on any atom is 0.310 e. The van der Waals surface area contributed by atoms with Gasteiger partial charge < -0.3 is 9.64 Å². The molecule has 1 saturated heterocycles. The summed E-state index contributed by atoms with van der Waals surface area (Å²) in [7, 11) is 1.45. The van der Waals surface area contributed by atoms with Crippen molar-refractivity contribution < 1.29 is 9.53 Å². The summed E-state index contributed by atoms with van der Waals surface area (Å²) in [5, 5.41) is 1.10. The lowest BCUT2D eigenvalue weighted by atomic mass is 9.98. The second-order valence-electron chi connectivity index (χ2n) is 5.29. The lowest BCUT2D eigenvalue weighted by molar-refractivity contribution is -0.145. The number of piperidine rings is 1. The summed E-state index contributed by atoms with van der Waals surface area (Å²) in [4.78, 5) is 25.1. The standard InChI is InChI=1S/C15H19N3O2S/c1-3-11-7-12-13(16-9-17-14(12)21-11)18-6-4-5-10(8-18)15(19)20-2/h7,9-10H,3-6,8H2,1-2H3. The van der Waals surface area contributed by atoms with Gasteiger partial charge in [-0.3, -0.25) is 4.79 Å². The van der Waals surface area contributed by atoms with Gasteiger partial charge in [-0.25, -0.2) is 9.97 Å². The molecule has 112 valence electrons. The van der Waals surface area contributed by atoms with Crippen LogP contribution in [0.3, 0.4) is 0 Å². The Hall–Kier alpha value is -1.69. The summed E-state index contributed by atoms with van der Waals surface area (Å²) in [5.74, 6) is 0.771. The van der Waals surface area contributed by atoms with Gasteiger partial charge in [0.1, 0.15) is 17.0 Å². The Kier molecular flexibility index (Phi) is 4.05. The van der Waals surface area contributed by atoms with Crippen molar-refractivity contribution in [3.63, 3.8) is 0 Å². The normalized spacial score (nSPS) is 19.0. The number of nitrogens with zero attached hydrogens (tertiary/aromatic N) is 3. The number of ether oxygens (including phenoxy) is 1. The fraction of sp³-hybridized carbons (Fsp3) is 0.533. The predicted octanol–water partition coefficient (Wildman–Crippen LogP) is 2.64. The molecular weight excluding hydrogens is 286 g/mol. The average molecular weight is 305 g/mol. The Morgan fingerprint density at radius 3 is 3.14 bits per heavy atom. The van der Waals surface area contributed by atoms with E-state index in [1.165, 1.54) is 12.0 Å². The van der Waals surface area contributed by atoms with E-state index in [9.17, 15) is 4.79 Å². The van der Waals surface area contributed by atoms with Crippen molar-refractivity contribution in [2.24, 2.45) is 5.92 Å². The largest absolute Gasteiger partial charge is 0.469 e. The van der Waals surface area contributed by atoms with Crippen LogP contribution in [0.1, 0.15) is 24.6 Å². The highest BCUT2D eigenvalue weighted by Gasteiger charge is 2.28. The Bertz CT molecular complexity index is 655. The predicted molar refractivity (Wildman–Crippen MR) is 83.7 cm³/mol. The third-order valence-corrected chi connectivity index (χ3v) is 5.15. The van der Waals surface area contributed by atoms with Gasteiger partial charge in [0.2, 0.25) is 0 Å². The number of rotatable bonds is 3. The molecule has 2 aromatic rings. The molecule has 0 saturated carbocycles. The van der Waals surface area contributed by atoms with Gasteiger partial charge in [-0.2, -0.15) is 0 Å². The molecule has 0 spiro atoms. The number of carbonyl (C=O) groups is 1. The number of aryl methyl sites for hydroxylation is 1.